The maximum atomic E-state index is 4.24. The first-order chi connectivity index (χ1) is 7.36. The van der Waals surface area contributed by atoms with Crippen LogP contribution in [0.2, 0.25) is 0 Å². The van der Waals surface area contributed by atoms with Gasteiger partial charge in [0.2, 0.25) is 0 Å². The number of rotatable bonds is 3. The van der Waals surface area contributed by atoms with Crippen LogP contribution < -0.4 is 5.43 Å². The summed E-state index contributed by atoms with van der Waals surface area (Å²) in [6.45, 7) is 4.49. The molecule has 15 heavy (non-hydrogen) atoms. The first kappa shape index (κ1) is 10.2. The van der Waals surface area contributed by atoms with Crippen LogP contribution in [0.3, 0.4) is 0 Å². The van der Waals surface area contributed by atoms with Gasteiger partial charge in [-0.2, -0.15) is 5.10 Å². The van der Waals surface area contributed by atoms with Crippen LogP contribution in [0.4, 0.5) is 0 Å². The first-order valence-corrected chi connectivity index (χ1v) is 5.74. The average Bonchev–Trinajstić information content (AvgIpc) is 2.31. The van der Waals surface area contributed by atoms with E-state index >= 15 is 0 Å². The maximum Gasteiger partial charge on any atom is 0.0723 e. The highest BCUT2D eigenvalue weighted by Crippen LogP contribution is 2.30. The van der Waals surface area contributed by atoms with Crippen LogP contribution in [0.15, 0.2) is 29.4 Å². The molecule has 1 aromatic rings. The Morgan fingerprint density at radius 2 is 2.00 bits per heavy atom. The number of hydrogen-bond donors (Lipinski definition) is 1. The lowest BCUT2D eigenvalue weighted by atomic mass is 9.86. The zero-order valence-corrected chi connectivity index (χ0v) is 9.40. The smallest absolute Gasteiger partial charge is 0.0723 e. The van der Waals surface area contributed by atoms with E-state index in [2.05, 4.69) is 48.6 Å². The third kappa shape index (κ3) is 1.89. The van der Waals surface area contributed by atoms with Crippen molar-refractivity contribution in [3.8, 4) is 0 Å². The van der Waals surface area contributed by atoms with E-state index in [0.717, 1.165) is 0 Å². The van der Waals surface area contributed by atoms with Crippen molar-refractivity contribution in [3.05, 3.63) is 35.4 Å². The van der Waals surface area contributed by atoms with E-state index in [9.17, 15) is 0 Å². The number of benzene rings is 1. The second-order valence-corrected chi connectivity index (χ2v) is 4.07. The molecule has 0 bridgehead atoms. The van der Waals surface area contributed by atoms with Gasteiger partial charge in [0.15, 0.2) is 0 Å². The van der Waals surface area contributed by atoms with Gasteiger partial charge in [0, 0.05) is 0 Å². The Morgan fingerprint density at radius 3 is 2.73 bits per heavy atom. The summed E-state index contributed by atoms with van der Waals surface area (Å²) in [5, 5.41) is 4.24. The predicted octanol–water partition coefficient (Wildman–Crippen LogP) is 3.10. The van der Waals surface area contributed by atoms with E-state index in [0.29, 0.717) is 12.0 Å². The minimum absolute atomic E-state index is 0.390. The molecule has 1 aromatic carbocycles. The molecular formula is C13H18N2. The number of fused-ring (bicyclic) bond motifs is 1. The minimum Gasteiger partial charge on any atom is -0.302 e. The quantitative estimate of drug-likeness (QED) is 0.800. The predicted molar refractivity (Wildman–Crippen MR) is 64.0 cm³/mol. The molecule has 2 nitrogen and oxygen atoms in total. The van der Waals surface area contributed by atoms with Gasteiger partial charge in [-0.15, -0.1) is 0 Å². The Balaban J connectivity index is 2.33. The number of nitrogens with zero attached hydrogens (tertiary/aromatic N) is 1. The molecule has 2 heteroatoms. The molecule has 80 valence electrons. The van der Waals surface area contributed by atoms with E-state index in [1.165, 1.54) is 24.0 Å². The Hall–Kier alpha value is -1.31. The van der Waals surface area contributed by atoms with E-state index < -0.39 is 0 Å². The summed E-state index contributed by atoms with van der Waals surface area (Å²) in [5.41, 5.74) is 5.89. The summed E-state index contributed by atoms with van der Waals surface area (Å²) >= 11 is 0. The fourth-order valence-corrected chi connectivity index (χ4v) is 2.29. The van der Waals surface area contributed by atoms with Crippen LogP contribution >= 0.6 is 0 Å². The van der Waals surface area contributed by atoms with Gasteiger partial charge >= 0.3 is 0 Å². The maximum absolute atomic E-state index is 4.24. The number of nitrogens with one attached hydrogen (secondary N) is 1. The van der Waals surface area contributed by atoms with Crippen molar-refractivity contribution in [2.45, 2.75) is 32.7 Å². The summed E-state index contributed by atoms with van der Waals surface area (Å²) in [7, 11) is 0. The van der Waals surface area contributed by atoms with Crippen molar-refractivity contribution in [2.24, 2.45) is 11.0 Å². The van der Waals surface area contributed by atoms with Crippen LogP contribution in [-0.4, -0.2) is 6.21 Å². The summed E-state index contributed by atoms with van der Waals surface area (Å²) in [6, 6.07) is 8.90. The molecule has 1 heterocycles. The van der Waals surface area contributed by atoms with Crippen LogP contribution in [0, 0.1) is 5.92 Å². The zero-order valence-electron chi connectivity index (χ0n) is 9.40. The highest BCUT2D eigenvalue weighted by Gasteiger charge is 2.23. The number of hydrogen-bond acceptors (Lipinski definition) is 2. The second kappa shape index (κ2) is 4.47. The molecule has 1 N–H and O–H groups in total. The van der Waals surface area contributed by atoms with Gasteiger partial charge in [-0.1, -0.05) is 51.0 Å². The minimum atomic E-state index is 0.390. The van der Waals surface area contributed by atoms with Gasteiger partial charge in [0.05, 0.1) is 12.3 Å². The van der Waals surface area contributed by atoms with Gasteiger partial charge in [0.25, 0.3) is 0 Å². The highest BCUT2D eigenvalue weighted by molar-refractivity contribution is 5.82. The van der Waals surface area contributed by atoms with E-state index in [1.54, 1.807) is 0 Å². The first-order valence-electron chi connectivity index (χ1n) is 5.74. The molecule has 0 aromatic heterocycles. The van der Waals surface area contributed by atoms with Gasteiger partial charge in [-0.05, 0) is 17.0 Å². The van der Waals surface area contributed by atoms with E-state index in [1.807, 2.05) is 6.21 Å². The van der Waals surface area contributed by atoms with E-state index in [4.69, 9.17) is 0 Å². The molecule has 2 rings (SSSR count). The largest absolute Gasteiger partial charge is 0.302 e. The molecule has 0 spiro atoms. The topological polar surface area (TPSA) is 24.4 Å². The second-order valence-electron chi connectivity index (χ2n) is 4.07. The van der Waals surface area contributed by atoms with Crippen molar-refractivity contribution >= 4 is 6.21 Å². The molecule has 1 aliphatic rings. The molecule has 0 saturated heterocycles. The van der Waals surface area contributed by atoms with Crippen LogP contribution in [0.25, 0.3) is 0 Å². The summed E-state index contributed by atoms with van der Waals surface area (Å²) in [6.07, 6.45) is 4.30. The fraction of sp³-hybridized carbons (Fsp3) is 0.462. The van der Waals surface area contributed by atoms with Gasteiger partial charge in [0.1, 0.15) is 0 Å². The summed E-state index contributed by atoms with van der Waals surface area (Å²) < 4.78 is 0. The van der Waals surface area contributed by atoms with Gasteiger partial charge in [-0.3, -0.25) is 0 Å². The lowest BCUT2D eigenvalue weighted by molar-refractivity contribution is 0.344. The molecule has 0 saturated carbocycles. The average molecular weight is 202 g/mol. The van der Waals surface area contributed by atoms with Crippen molar-refractivity contribution < 1.29 is 0 Å². The lowest BCUT2D eigenvalue weighted by Crippen LogP contribution is -2.28. The molecule has 0 radical (unpaired) electrons. The third-order valence-corrected chi connectivity index (χ3v) is 3.27. The Bertz CT molecular complexity index is 353. The molecule has 1 atom stereocenters. The Labute approximate surface area is 91.4 Å². The van der Waals surface area contributed by atoms with Crippen molar-refractivity contribution in [2.75, 3.05) is 0 Å². The standard InChI is InChI=1S/C13H18N2/c1-3-10(4-2)13-12-8-6-5-7-11(12)9-14-15-13/h5-10,13,15H,3-4H2,1-2H3. The highest BCUT2D eigenvalue weighted by atomic mass is 15.3. The Morgan fingerprint density at radius 1 is 1.27 bits per heavy atom. The number of hydrazone groups is 1. The SMILES string of the molecule is CCC(CC)C1NN=Cc2ccccc21. The van der Waals surface area contributed by atoms with Gasteiger partial charge < -0.3 is 5.43 Å². The molecule has 1 aliphatic heterocycles. The molecule has 0 fully saturated rings. The van der Waals surface area contributed by atoms with Crippen molar-refractivity contribution in [1.82, 2.24) is 5.43 Å². The van der Waals surface area contributed by atoms with Crippen molar-refractivity contribution in [1.29, 1.82) is 0 Å². The van der Waals surface area contributed by atoms with Crippen molar-refractivity contribution in [3.63, 3.8) is 0 Å². The third-order valence-electron chi connectivity index (χ3n) is 3.27. The van der Waals surface area contributed by atoms with Crippen LogP contribution in [0.1, 0.15) is 43.9 Å². The monoisotopic (exact) mass is 202 g/mol. The zero-order chi connectivity index (χ0) is 10.7. The summed E-state index contributed by atoms with van der Waals surface area (Å²) in [4.78, 5) is 0. The lowest BCUT2D eigenvalue weighted by Gasteiger charge is -2.29. The normalized spacial score (nSPS) is 18.7. The van der Waals surface area contributed by atoms with E-state index in [-0.39, 0.29) is 0 Å². The van der Waals surface area contributed by atoms with Crippen LogP contribution in [-0.2, 0) is 0 Å². The molecule has 0 aliphatic carbocycles. The molecule has 0 amide bonds. The summed E-state index contributed by atoms with van der Waals surface area (Å²) in [5.74, 6) is 0.670. The van der Waals surface area contributed by atoms with Crippen LogP contribution in [0.5, 0.6) is 0 Å². The fourth-order valence-electron chi connectivity index (χ4n) is 2.29. The molecule has 1 unspecified atom stereocenters. The Kier molecular flexibility index (Phi) is 3.05. The molecular weight excluding hydrogens is 184 g/mol. The van der Waals surface area contributed by atoms with Gasteiger partial charge in [-0.25, -0.2) is 0 Å².